The van der Waals surface area contributed by atoms with Crippen molar-refractivity contribution < 1.29 is 17.9 Å². The molecule has 2 rings (SSSR count). The van der Waals surface area contributed by atoms with Crippen LogP contribution in [0.1, 0.15) is 36.9 Å². The van der Waals surface area contributed by atoms with Crippen LogP contribution in [-0.2, 0) is 14.8 Å². The number of sulfonamides is 1. The number of hydrogen-bond acceptors (Lipinski definition) is 4. The molecule has 0 bridgehead atoms. The summed E-state index contributed by atoms with van der Waals surface area (Å²) in [5.74, 6) is 0.507. The molecule has 1 unspecified atom stereocenters. The number of benzene rings is 2. The van der Waals surface area contributed by atoms with E-state index in [9.17, 15) is 13.2 Å². The van der Waals surface area contributed by atoms with E-state index in [4.69, 9.17) is 4.74 Å². The minimum Gasteiger partial charge on any atom is -0.497 e. The first-order chi connectivity index (χ1) is 13.3. The normalized spacial score (nSPS) is 12.6. The van der Waals surface area contributed by atoms with Crippen molar-refractivity contribution in [2.24, 2.45) is 0 Å². The first kappa shape index (κ1) is 21.9. The topological polar surface area (TPSA) is 75.7 Å². The molecular formula is C21H28N2O4S. The Morgan fingerprint density at radius 1 is 1.14 bits per heavy atom. The zero-order valence-corrected chi connectivity index (χ0v) is 17.6. The van der Waals surface area contributed by atoms with Gasteiger partial charge in [-0.1, -0.05) is 24.3 Å². The average Bonchev–Trinajstić information content (AvgIpc) is 2.68. The van der Waals surface area contributed by atoms with Crippen molar-refractivity contribution in [2.75, 3.05) is 20.7 Å². The lowest BCUT2D eigenvalue weighted by molar-refractivity contribution is -0.121. The average molecular weight is 405 g/mol. The number of hydrogen-bond donors (Lipinski definition) is 1. The SMILES string of the molecule is COc1ccc(S(=O)(=O)N(C)CCCC(=O)NC(C)c2ccccc2C)cc1. The second kappa shape index (κ2) is 9.71. The van der Waals surface area contributed by atoms with Crippen LogP contribution in [0, 0.1) is 6.92 Å². The number of nitrogens with zero attached hydrogens (tertiary/aromatic N) is 1. The number of ether oxygens (including phenoxy) is 1. The van der Waals surface area contributed by atoms with Gasteiger partial charge in [-0.3, -0.25) is 4.79 Å². The summed E-state index contributed by atoms with van der Waals surface area (Å²) in [6.45, 7) is 4.22. The number of methoxy groups -OCH3 is 1. The molecule has 0 aliphatic carbocycles. The quantitative estimate of drug-likeness (QED) is 0.696. The van der Waals surface area contributed by atoms with Crippen LogP contribution in [0.25, 0.3) is 0 Å². The van der Waals surface area contributed by atoms with Crippen LogP contribution in [0.15, 0.2) is 53.4 Å². The van der Waals surface area contributed by atoms with Crippen molar-refractivity contribution in [3.05, 3.63) is 59.7 Å². The summed E-state index contributed by atoms with van der Waals surface area (Å²) in [4.78, 5) is 12.4. The highest BCUT2D eigenvalue weighted by molar-refractivity contribution is 7.89. The summed E-state index contributed by atoms with van der Waals surface area (Å²) in [5, 5.41) is 2.97. The zero-order chi connectivity index (χ0) is 20.7. The van der Waals surface area contributed by atoms with Gasteiger partial charge >= 0.3 is 0 Å². The molecule has 2 aromatic rings. The highest BCUT2D eigenvalue weighted by atomic mass is 32.2. The number of rotatable bonds is 9. The predicted octanol–water partition coefficient (Wildman–Crippen LogP) is 3.28. The fraction of sp³-hybridized carbons (Fsp3) is 0.381. The molecule has 0 heterocycles. The maximum absolute atomic E-state index is 12.6. The summed E-state index contributed by atoms with van der Waals surface area (Å²) >= 11 is 0. The second-order valence-corrected chi connectivity index (χ2v) is 8.80. The van der Waals surface area contributed by atoms with E-state index in [2.05, 4.69) is 5.32 Å². The first-order valence-electron chi connectivity index (χ1n) is 9.21. The largest absolute Gasteiger partial charge is 0.497 e. The highest BCUT2D eigenvalue weighted by Crippen LogP contribution is 2.19. The van der Waals surface area contributed by atoms with Crippen LogP contribution >= 0.6 is 0 Å². The fourth-order valence-electron chi connectivity index (χ4n) is 2.97. The minimum absolute atomic E-state index is 0.0885. The Morgan fingerprint density at radius 3 is 2.39 bits per heavy atom. The number of aryl methyl sites for hydroxylation is 1. The minimum atomic E-state index is -3.59. The van der Waals surface area contributed by atoms with Gasteiger partial charge < -0.3 is 10.1 Å². The number of nitrogens with one attached hydrogen (secondary N) is 1. The van der Waals surface area contributed by atoms with Crippen molar-refractivity contribution in [2.45, 2.75) is 37.6 Å². The van der Waals surface area contributed by atoms with Gasteiger partial charge in [-0.05, 0) is 55.7 Å². The number of carbonyl (C=O) groups is 1. The van der Waals surface area contributed by atoms with Crippen molar-refractivity contribution in [3.63, 3.8) is 0 Å². The van der Waals surface area contributed by atoms with Gasteiger partial charge in [-0.25, -0.2) is 12.7 Å². The van der Waals surface area contributed by atoms with Crippen LogP contribution in [0.5, 0.6) is 5.75 Å². The Kier molecular flexibility index (Phi) is 7.60. The maximum atomic E-state index is 12.6. The third-order valence-electron chi connectivity index (χ3n) is 4.68. The van der Waals surface area contributed by atoms with E-state index in [0.717, 1.165) is 11.1 Å². The predicted molar refractivity (Wildman–Crippen MR) is 110 cm³/mol. The lowest BCUT2D eigenvalue weighted by atomic mass is 10.0. The van der Waals surface area contributed by atoms with Crippen molar-refractivity contribution in [1.82, 2.24) is 9.62 Å². The summed E-state index contributed by atoms with van der Waals surface area (Å²) in [6.07, 6.45) is 0.705. The van der Waals surface area contributed by atoms with Crippen molar-refractivity contribution in [1.29, 1.82) is 0 Å². The molecule has 0 spiro atoms. The molecule has 1 atom stereocenters. The van der Waals surface area contributed by atoms with Crippen molar-refractivity contribution >= 4 is 15.9 Å². The molecule has 0 aliphatic rings. The maximum Gasteiger partial charge on any atom is 0.242 e. The monoisotopic (exact) mass is 404 g/mol. The van der Waals surface area contributed by atoms with E-state index in [1.165, 1.54) is 30.6 Å². The van der Waals surface area contributed by atoms with E-state index >= 15 is 0 Å². The Morgan fingerprint density at radius 2 is 1.79 bits per heavy atom. The van der Waals surface area contributed by atoms with E-state index in [1.54, 1.807) is 12.1 Å². The number of amides is 1. The molecular weight excluding hydrogens is 376 g/mol. The summed E-state index contributed by atoms with van der Waals surface area (Å²) in [6, 6.07) is 14.1. The van der Waals surface area contributed by atoms with Gasteiger partial charge in [0.1, 0.15) is 5.75 Å². The molecule has 152 valence electrons. The molecule has 1 N–H and O–H groups in total. The molecule has 0 fully saturated rings. The van der Waals surface area contributed by atoms with E-state index < -0.39 is 10.0 Å². The lowest BCUT2D eigenvalue weighted by Crippen LogP contribution is -2.30. The van der Waals surface area contributed by atoms with Crippen LogP contribution in [0.4, 0.5) is 0 Å². The van der Waals surface area contributed by atoms with Crippen LogP contribution in [0.2, 0.25) is 0 Å². The van der Waals surface area contributed by atoms with E-state index in [1.807, 2.05) is 38.1 Å². The van der Waals surface area contributed by atoms with Gasteiger partial charge in [-0.2, -0.15) is 0 Å². The summed E-state index contributed by atoms with van der Waals surface area (Å²) in [5.41, 5.74) is 2.20. The molecule has 6 nitrogen and oxygen atoms in total. The standard InChI is InChI=1S/C21H28N2O4S/c1-16-8-5-6-9-20(16)17(2)22-21(24)10-7-15-23(3)28(25,26)19-13-11-18(27-4)12-14-19/h5-6,8-9,11-14,17H,7,10,15H2,1-4H3,(H,22,24). The van der Waals surface area contributed by atoms with Gasteiger partial charge in [0.15, 0.2) is 0 Å². The van der Waals surface area contributed by atoms with Gasteiger partial charge in [0.2, 0.25) is 15.9 Å². The third-order valence-corrected chi connectivity index (χ3v) is 6.55. The molecule has 0 saturated carbocycles. The Hall–Kier alpha value is -2.38. The first-order valence-corrected chi connectivity index (χ1v) is 10.6. The second-order valence-electron chi connectivity index (χ2n) is 6.75. The Labute approximate surface area is 167 Å². The molecule has 0 aromatic heterocycles. The Balaban J connectivity index is 1.86. The molecule has 28 heavy (non-hydrogen) atoms. The molecule has 0 aliphatic heterocycles. The summed E-state index contributed by atoms with van der Waals surface area (Å²) in [7, 11) is -0.538. The Bertz CT molecular complexity index is 895. The van der Waals surface area contributed by atoms with Crippen LogP contribution in [-0.4, -0.2) is 39.3 Å². The lowest BCUT2D eigenvalue weighted by Gasteiger charge is -2.19. The molecule has 0 radical (unpaired) electrons. The smallest absolute Gasteiger partial charge is 0.242 e. The molecule has 2 aromatic carbocycles. The highest BCUT2D eigenvalue weighted by Gasteiger charge is 2.21. The summed E-state index contributed by atoms with van der Waals surface area (Å²) < 4.78 is 31.5. The zero-order valence-electron chi connectivity index (χ0n) is 16.8. The molecule has 1 amide bonds. The van der Waals surface area contributed by atoms with E-state index in [-0.39, 0.29) is 29.8 Å². The molecule has 0 saturated heterocycles. The van der Waals surface area contributed by atoms with Crippen LogP contribution < -0.4 is 10.1 Å². The van der Waals surface area contributed by atoms with E-state index in [0.29, 0.717) is 12.2 Å². The van der Waals surface area contributed by atoms with Gasteiger partial charge in [-0.15, -0.1) is 0 Å². The van der Waals surface area contributed by atoms with Crippen LogP contribution in [0.3, 0.4) is 0 Å². The molecule has 7 heteroatoms. The van der Waals surface area contributed by atoms with Gasteiger partial charge in [0.05, 0.1) is 18.0 Å². The van der Waals surface area contributed by atoms with Gasteiger partial charge in [0.25, 0.3) is 0 Å². The fourth-order valence-corrected chi connectivity index (χ4v) is 4.18. The third kappa shape index (κ3) is 5.56. The van der Waals surface area contributed by atoms with Crippen molar-refractivity contribution in [3.8, 4) is 5.75 Å². The number of carbonyl (C=O) groups excluding carboxylic acids is 1. The van der Waals surface area contributed by atoms with Gasteiger partial charge in [0, 0.05) is 20.0 Å².